The third kappa shape index (κ3) is 4.27. The van der Waals surface area contributed by atoms with Gasteiger partial charge in [-0.1, -0.05) is 59.3 Å². The number of hydrogen-bond acceptors (Lipinski definition) is 5. The molecule has 0 spiro atoms. The minimum absolute atomic E-state index is 0.0337. The molecule has 24 heavy (non-hydrogen) atoms. The Morgan fingerprint density at radius 3 is 2.62 bits per heavy atom. The summed E-state index contributed by atoms with van der Waals surface area (Å²) in [5, 5.41) is 3.89. The second-order valence-corrected chi connectivity index (χ2v) is 7.25. The average molecular weight is 343 g/mol. The fourth-order valence-electron chi connectivity index (χ4n) is 2.24. The van der Waals surface area contributed by atoms with E-state index in [1.165, 1.54) is 0 Å². The van der Waals surface area contributed by atoms with Crippen LogP contribution in [0.4, 0.5) is 0 Å². The molecule has 3 rings (SSSR count). The van der Waals surface area contributed by atoms with Crippen molar-refractivity contribution in [3.63, 3.8) is 0 Å². The largest absolute Gasteiger partial charge is 0.338 e. The summed E-state index contributed by atoms with van der Waals surface area (Å²) in [7, 11) is -3.47. The highest BCUT2D eigenvalue weighted by Gasteiger charge is 2.14. The molecular formula is C17H17N3O3S. The van der Waals surface area contributed by atoms with Gasteiger partial charge in [0.25, 0.3) is 0 Å². The van der Waals surface area contributed by atoms with Crippen LogP contribution in [0.2, 0.25) is 0 Å². The average Bonchev–Trinajstić information content (AvgIpc) is 3.03. The molecule has 3 aromatic rings. The summed E-state index contributed by atoms with van der Waals surface area (Å²) < 4.78 is 31.8. The Morgan fingerprint density at radius 1 is 1.08 bits per heavy atom. The minimum atomic E-state index is -3.47. The zero-order valence-corrected chi connectivity index (χ0v) is 14.0. The quantitative estimate of drug-likeness (QED) is 0.744. The number of aryl methyl sites for hydroxylation is 1. The molecule has 0 radical (unpaired) electrons. The molecule has 0 fully saturated rings. The van der Waals surface area contributed by atoms with Gasteiger partial charge in [-0.15, -0.1) is 0 Å². The van der Waals surface area contributed by atoms with Gasteiger partial charge in [-0.3, -0.25) is 0 Å². The van der Waals surface area contributed by atoms with E-state index in [0.29, 0.717) is 5.82 Å². The van der Waals surface area contributed by atoms with Crippen LogP contribution in [0.1, 0.15) is 17.0 Å². The zero-order valence-electron chi connectivity index (χ0n) is 13.1. The van der Waals surface area contributed by atoms with Crippen molar-refractivity contribution in [1.82, 2.24) is 14.9 Å². The van der Waals surface area contributed by atoms with E-state index in [-0.39, 0.29) is 18.2 Å². The van der Waals surface area contributed by atoms with E-state index in [0.717, 1.165) is 16.7 Å². The van der Waals surface area contributed by atoms with Crippen LogP contribution in [0.5, 0.6) is 0 Å². The molecule has 124 valence electrons. The van der Waals surface area contributed by atoms with E-state index in [9.17, 15) is 8.42 Å². The third-order valence-electron chi connectivity index (χ3n) is 3.39. The van der Waals surface area contributed by atoms with Crippen LogP contribution in [0, 0.1) is 6.92 Å². The van der Waals surface area contributed by atoms with Crippen molar-refractivity contribution in [1.29, 1.82) is 0 Å². The van der Waals surface area contributed by atoms with E-state index in [1.807, 2.05) is 37.3 Å². The van der Waals surface area contributed by atoms with Gasteiger partial charge >= 0.3 is 0 Å². The maximum Gasteiger partial charge on any atom is 0.242 e. The first-order chi connectivity index (χ1) is 11.5. The highest BCUT2D eigenvalue weighted by molar-refractivity contribution is 7.88. The van der Waals surface area contributed by atoms with Crippen LogP contribution in [-0.2, 0) is 22.3 Å². The van der Waals surface area contributed by atoms with Crippen LogP contribution >= 0.6 is 0 Å². The maximum atomic E-state index is 12.1. The van der Waals surface area contributed by atoms with Gasteiger partial charge in [-0.2, -0.15) is 4.98 Å². The van der Waals surface area contributed by atoms with E-state index in [1.54, 1.807) is 24.3 Å². The highest BCUT2D eigenvalue weighted by Crippen LogP contribution is 2.17. The van der Waals surface area contributed by atoms with Gasteiger partial charge in [-0.05, 0) is 18.6 Å². The van der Waals surface area contributed by atoms with Crippen LogP contribution in [0.3, 0.4) is 0 Å². The summed E-state index contributed by atoms with van der Waals surface area (Å²) in [5.74, 6) is 0.575. The van der Waals surface area contributed by atoms with Gasteiger partial charge < -0.3 is 4.52 Å². The van der Waals surface area contributed by atoms with E-state index in [2.05, 4.69) is 14.9 Å². The molecule has 1 aromatic heterocycles. The zero-order chi connectivity index (χ0) is 17.0. The maximum absolute atomic E-state index is 12.1. The third-order valence-corrected chi connectivity index (χ3v) is 4.68. The molecule has 0 atom stereocenters. The van der Waals surface area contributed by atoms with Crippen molar-refractivity contribution < 1.29 is 12.9 Å². The fraction of sp³-hybridized carbons (Fsp3) is 0.176. The molecule has 0 aliphatic carbocycles. The van der Waals surface area contributed by atoms with Crippen molar-refractivity contribution in [2.75, 3.05) is 0 Å². The predicted octanol–water partition coefficient (Wildman–Crippen LogP) is 2.66. The number of aromatic nitrogens is 2. The van der Waals surface area contributed by atoms with Crippen LogP contribution in [0.15, 0.2) is 59.1 Å². The van der Waals surface area contributed by atoms with Gasteiger partial charge in [0.2, 0.25) is 21.7 Å². The lowest BCUT2D eigenvalue weighted by Gasteiger charge is -2.04. The van der Waals surface area contributed by atoms with Gasteiger partial charge in [-0.25, -0.2) is 13.1 Å². The molecule has 7 heteroatoms. The van der Waals surface area contributed by atoms with Crippen molar-refractivity contribution in [2.45, 2.75) is 19.2 Å². The lowest BCUT2D eigenvalue weighted by molar-refractivity contribution is 0.376. The summed E-state index contributed by atoms with van der Waals surface area (Å²) in [4.78, 5) is 4.23. The molecular weight excluding hydrogens is 326 g/mol. The number of hydrogen-bond donors (Lipinski definition) is 1. The van der Waals surface area contributed by atoms with Crippen LogP contribution in [-0.4, -0.2) is 18.6 Å². The Morgan fingerprint density at radius 2 is 1.88 bits per heavy atom. The van der Waals surface area contributed by atoms with E-state index in [4.69, 9.17) is 4.52 Å². The minimum Gasteiger partial charge on any atom is -0.338 e. The lowest BCUT2D eigenvalue weighted by atomic mass is 10.1. The molecule has 0 saturated carbocycles. The molecule has 0 saturated heterocycles. The van der Waals surface area contributed by atoms with E-state index < -0.39 is 10.0 Å². The Bertz CT molecular complexity index is 921. The first kappa shape index (κ1) is 16.4. The number of sulfonamides is 1. The molecule has 0 bridgehead atoms. The molecule has 2 aromatic carbocycles. The van der Waals surface area contributed by atoms with Crippen molar-refractivity contribution in [3.8, 4) is 11.4 Å². The van der Waals surface area contributed by atoms with Crippen molar-refractivity contribution in [2.24, 2.45) is 0 Å². The Hall–Kier alpha value is -2.51. The SMILES string of the molecule is Cc1cccc(-c2noc(CNS(=O)(=O)Cc3ccccc3)n2)c1. The van der Waals surface area contributed by atoms with Crippen LogP contribution in [0.25, 0.3) is 11.4 Å². The van der Waals surface area contributed by atoms with Crippen molar-refractivity contribution in [3.05, 3.63) is 71.6 Å². The van der Waals surface area contributed by atoms with Gasteiger partial charge in [0, 0.05) is 5.56 Å². The molecule has 0 aliphatic heterocycles. The highest BCUT2D eigenvalue weighted by atomic mass is 32.2. The lowest BCUT2D eigenvalue weighted by Crippen LogP contribution is -2.24. The molecule has 0 unspecified atom stereocenters. The monoisotopic (exact) mass is 343 g/mol. The molecule has 0 aliphatic rings. The normalized spacial score (nSPS) is 11.5. The smallest absolute Gasteiger partial charge is 0.242 e. The Balaban J connectivity index is 1.65. The van der Waals surface area contributed by atoms with Gasteiger partial charge in [0.05, 0.1) is 12.3 Å². The van der Waals surface area contributed by atoms with Crippen LogP contribution < -0.4 is 4.72 Å². The second-order valence-electron chi connectivity index (χ2n) is 5.45. The number of nitrogens with zero attached hydrogens (tertiary/aromatic N) is 2. The predicted molar refractivity (Wildman–Crippen MR) is 90.4 cm³/mol. The summed E-state index contributed by atoms with van der Waals surface area (Å²) >= 11 is 0. The van der Waals surface area contributed by atoms with Crippen molar-refractivity contribution >= 4 is 10.0 Å². The van der Waals surface area contributed by atoms with Gasteiger partial charge in [0.1, 0.15) is 0 Å². The number of nitrogens with one attached hydrogen (secondary N) is 1. The molecule has 1 N–H and O–H groups in total. The molecule has 6 nitrogen and oxygen atoms in total. The summed E-state index contributed by atoms with van der Waals surface area (Å²) in [6.07, 6.45) is 0. The molecule has 1 heterocycles. The summed E-state index contributed by atoms with van der Waals surface area (Å²) in [6, 6.07) is 16.7. The first-order valence-electron chi connectivity index (χ1n) is 7.43. The Kier molecular flexibility index (Phi) is 4.73. The second kappa shape index (κ2) is 6.94. The van der Waals surface area contributed by atoms with Gasteiger partial charge in [0.15, 0.2) is 0 Å². The van der Waals surface area contributed by atoms with E-state index >= 15 is 0 Å². The summed E-state index contributed by atoms with van der Waals surface area (Å²) in [6.45, 7) is 1.94. The topological polar surface area (TPSA) is 85.1 Å². The molecule has 0 amide bonds. The fourth-order valence-corrected chi connectivity index (χ4v) is 3.32. The number of benzene rings is 2. The summed E-state index contributed by atoms with van der Waals surface area (Å²) in [5.41, 5.74) is 2.63. The first-order valence-corrected chi connectivity index (χ1v) is 9.08. The Labute approximate surface area is 140 Å². The number of rotatable bonds is 6. The standard InChI is InChI=1S/C17H17N3O3S/c1-13-6-5-9-15(10-13)17-19-16(23-20-17)11-18-24(21,22)12-14-7-3-2-4-8-14/h2-10,18H,11-12H2,1H3.